The fourth-order valence-corrected chi connectivity index (χ4v) is 4.95. The van der Waals surface area contributed by atoms with Crippen LogP contribution >= 0.6 is 11.3 Å². The van der Waals surface area contributed by atoms with Crippen LogP contribution in [0.25, 0.3) is 0 Å². The first-order chi connectivity index (χ1) is 13.2. The van der Waals surface area contributed by atoms with Crippen molar-refractivity contribution in [2.75, 3.05) is 24.2 Å². The lowest BCUT2D eigenvalue weighted by Crippen LogP contribution is -2.44. The number of nitro benzene ring substituents is 1. The molecule has 10 heteroatoms. The van der Waals surface area contributed by atoms with Gasteiger partial charge in [-0.1, -0.05) is 6.07 Å². The average Bonchev–Trinajstić information content (AvgIpc) is 3.07. The largest absolute Gasteiger partial charge is 0.366 e. The number of nitro groups is 1. The van der Waals surface area contributed by atoms with Crippen molar-refractivity contribution in [2.45, 2.75) is 30.7 Å². The predicted molar refractivity (Wildman–Crippen MR) is 108 cm³/mol. The first kappa shape index (κ1) is 20.3. The van der Waals surface area contributed by atoms with Crippen molar-refractivity contribution in [2.24, 2.45) is 0 Å². The number of para-hydroxylation sites is 1. The summed E-state index contributed by atoms with van der Waals surface area (Å²) in [5.74, 6) is -0.110. The van der Waals surface area contributed by atoms with Crippen LogP contribution in [0.3, 0.4) is 0 Å². The molecule has 1 aromatic heterocycles. The molecule has 0 spiro atoms. The summed E-state index contributed by atoms with van der Waals surface area (Å²) in [6.07, 6.45) is 2.21. The number of rotatable bonds is 5. The third kappa shape index (κ3) is 4.33. The normalized spacial score (nSPS) is 15.4. The SMILES string of the molecule is Cc1ccc(C(=O)NC2CCN(c3cccc(S(C)(=O)=O)c3[N+](=O)[O-])CC2)s1. The Labute approximate surface area is 167 Å². The van der Waals surface area contributed by atoms with Crippen LogP contribution in [0, 0.1) is 17.0 Å². The number of carbonyl (C=O) groups is 1. The van der Waals surface area contributed by atoms with Crippen molar-refractivity contribution >= 4 is 38.5 Å². The molecule has 1 N–H and O–H groups in total. The molecule has 0 aliphatic carbocycles. The number of piperidine rings is 1. The summed E-state index contributed by atoms with van der Waals surface area (Å²) < 4.78 is 23.9. The minimum atomic E-state index is -3.72. The van der Waals surface area contributed by atoms with Gasteiger partial charge in [0.1, 0.15) is 10.6 Å². The van der Waals surface area contributed by atoms with Gasteiger partial charge in [0, 0.05) is 30.3 Å². The van der Waals surface area contributed by atoms with E-state index in [9.17, 15) is 23.3 Å². The Hall–Kier alpha value is -2.46. The third-order valence-electron chi connectivity index (χ3n) is 4.69. The molecule has 150 valence electrons. The maximum absolute atomic E-state index is 12.3. The molecular weight excluding hydrogens is 402 g/mol. The van der Waals surface area contributed by atoms with Crippen LogP contribution in [0.2, 0.25) is 0 Å². The predicted octanol–water partition coefficient (Wildman–Crippen LogP) is 2.77. The maximum atomic E-state index is 12.3. The van der Waals surface area contributed by atoms with E-state index < -0.39 is 14.8 Å². The van der Waals surface area contributed by atoms with E-state index >= 15 is 0 Å². The minimum Gasteiger partial charge on any atom is -0.366 e. The van der Waals surface area contributed by atoms with Crippen LogP contribution in [0.5, 0.6) is 0 Å². The number of nitrogens with one attached hydrogen (secondary N) is 1. The number of hydrogen-bond acceptors (Lipinski definition) is 7. The second-order valence-electron chi connectivity index (χ2n) is 6.80. The monoisotopic (exact) mass is 423 g/mol. The van der Waals surface area contributed by atoms with Crippen molar-refractivity contribution in [3.63, 3.8) is 0 Å². The van der Waals surface area contributed by atoms with E-state index in [-0.39, 0.29) is 22.5 Å². The average molecular weight is 424 g/mol. The summed E-state index contributed by atoms with van der Waals surface area (Å²) in [7, 11) is -3.72. The molecule has 0 radical (unpaired) electrons. The van der Waals surface area contributed by atoms with Gasteiger partial charge >= 0.3 is 5.69 Å². The zero-order chi connectivity index (χ0) is 20.5. The van der Waals surface area contributed by atoms with Gasteiger partial charge in [0.05, 0.1) is 9.80 Å². The van der Waals surface area contributed by atoms with Crippen LogP contribution in [-0.2, 0) is 9.84 Å². The number of carbonyl (C=O) groups excluding carboxylic acids is 1. The maximum Gasteiger partial charge on any atom is 0.311 e. The Morgan fingerprint density at radius 3 is 2.46 bits per heavy atom. The zero-order valence-electron chi connectivity index (χ0n) is 15.5. The van der Waals surface area contributed by atoms with Crippen molar-refractivity contribution in [3.05, 3.63) is 50.2 Å². The Kier molecular flexibility index (Phi) is 5.71. The highest BCUT2D eigenvalue weighted by molar-refractivity contribution is 7.90. The summed E-state index contributed by atoms with van der Waals surface area (Å²) in [6.45, 7) is 2.92. The van der Waals surface area contributed by atoms with Crippen molar-refractivity contribution in [1.29, 1.82) is 0 Å². The zero-order valence-corrected chi connectivity index (χ0v) is 17.2. The molecule has 1 aliphatic heterocycles. The van der Waals surface area contributed by atoms with Gasteiger partial charge in [-0.05, 0) is 44.0 Å². The summed E-state index contributed by atoms with van der Waals surface area (Å²) in [5.41, 5.74) is -0.0897. The van der Waals surface area contributed by atoms with Gasteiger partial charge in [-0.2, -0.15) is 0 Å². The number of nitrogens with zero attached hydrogens (tertiary/aromatic N) is 2. The van der Waals surface area contributed by atoms with Gasteiger partial charge < -0.3 is 10.2 Å². The lowest BCUT2D eigenvalue weighted by Gasteiger charge is -2.33. The molecule has 2 heterocycles. The van der Waals surface area contributed by atoms with E-state index in [1.165, 1.54) is 23.5 Å². The molecule has 3 rings (SSSR count). The van der Waals surface area contributed by atoms with Gasteiger partial charge in [-0.25, -0.2) is 8.42 Å². The van der Waals surface area contributed by atoms with Gasteiger partial charge in [0.25, 0.3) is 5.91 Å². The molecule has 0 bridgehead atoms. The number of thiophene rings is 1. The van der Waals surface area contributed by atoms with Crippen molar-refractivity contribution in [1.82, 2.24) is 5.32 Å². The van der Waals surface area contributed by atoms with Gasteiger partial charge in [0.2, 0.25) is 0 Å². The van der Waals surface area contributed by atoms with E-state index in [2.05, 4.69) is 5.32 Å². The van der Waals surface area contributed by atoms with Gasteiger partial charge in [-0.15, -0.1) is 11.3 Å². The van der Waals surface area contributed by atoms with Gasteiger partial charge in [-0.3, -0.25) is 14.9 Å². The van der Waals surface area contributed by atoms with Gasteiger partial charge in [0.15, 0.2) is 9.84 Å². The first-order valence-corrected chi connectivity index (χ1v) is 11.5. The highest BCUT2D eigenvalue weighted by Gasteiger charge is 2.31. The number of benzene rings is 1. The topological polar surface area (TPSA) is 110 Å². The molecule has 28 heavy (non-hydrogen) atoms. The summed E-state index contributed by atoms with van der Waals surface area (Å²) in [4.78, 5) is 26.5. The van der Waals surface area contributed by atoms with E-state index in [0.717, 1.165) is 11.1 Å². The van der Waals surface area contributed by atoms with E-state index in [0.29, 0.717) is 36.5 Å². The Morgan fingerprint density at radius 1 is 1.25 bits per heavy atom. The lowest BCUT2D eigenvalue weighted by molar-refractivity contribution is -0.387. The Morgan fingerprint density at radius 2 is 1.93 bits per heavy atom. The quantitative estimate of drug-likeness (QED) is 0.585. The highest BCUT2D eigenvalue weighted by atomic mass is 32.2. The van der Waals surface area contributed by atoms with Crippen LogP contribution in [0.4, 0.5) is 11.4 Å². The Bertz CT molecular complexity index is 1010. The van der Waals surface area contributed by atoms with Crippen molar-refractivity contribution in [3.8, 4) is 0 Å². The molecule has 0 saturated carbocycles. The summed E-state index contributed by atoms with van der Waals surface area (Å²) in [5, 5.41) is 14.6. The van der Waals surface area contributed by atoms with Crippen LogP contribution in [0.15, 0.2) is 35.2 Å². The second-order valence-corrected chi connectivity index (χ2v) is 10.1. The van der Waals surface area contributed by atoms with E-state index in [1.54, 1.807) is 12.1 Å². The lowest BCUT2D eigenvalue weighted by atomic mass is 10.0. The smallest absolute Gasteiger partial charge is 0.311 e. The number of sulfone groups is 1. The fraction of sp³-hybridized carbons (Fsp3) is 0.389. The number of aryl methyl sites for hydroxylation is 1. The molecule has 1 aliphatic rings. The molecule has 1 amide bonds. The van der Waals surface area contributed by atoms with E-state index in [4.69, 9.17) is 0 Å². The molecule has 1 fully saturated rings. The third-order valence-corrected chi connectivity index (χ3v) is 6.82. The first-order valence-electron chi connectivity index (χ1n) is 8.76. The number of amides is 1. The molecule has 0 atom stereocenters. The molecular formula is C18H21N3O5S2. The summed E-state index contributed by atoms with van der Waals surface area (Å²) in [6, 6.07) is 8.02. The number of hydrogen-bond donors (Lipinski definition) is 1. The van der Waals surface area contributed by atoms with Crippen LogP contribution < -0.4 is 10.2 Å². The number of anilines is 1. The highest BCUT2D eigenvalue weighted by Crippen LogP contribution is 2.35. The standard InChI is InChI=1S/C18H21N3O5S2/c1-12-6-7-15(27-12)18(22)19-13-8-10-20(11-9-13)14-4-3-5-16(28(2,25)26)17(14)21(23)24/h3-7,13H,8-11H2,1-2H3,(H,19,22). The summed E-state index contributed by atoms with van der Waals surface area (Å²) >= 11 is 1.44. The minimum absolute atomic E-state index is 0.0247. The molecule has 2 aromatic rings. The second kappa shape index (κ2) is 7.88. The van der Waals surface area contributed by atoms with Crippen LogP contribution in [0.1, 0.15) is 27.4 Å². The van der Waals surface area contributed by atoms with Crippen molar-refractivity contribution < 1.29 is 18.1 Å². The Balaban J connectivity index is 1.73. The molecule has 1 aromatic carbocycles. The van der Waals surface area contributed by atoms with E-state index in [1.807, 2.05) is 17.9 Å². The molecule has 8 nitrogen and oxygen atoms in total. The molecule has 1 saturated heterocycles. The fourth-order valence-electron chi connectivity index (χ4n) is 3.33. The van der Waals surface area contributed by atoms with Crippen LogP contribution in [-0.4, -0.2) is 44.6 Å². The molecule has 0 unspecified atom stereocenters.